The maximum Gasteiger partial charge on any atom is 0.220 e. The minimum Gasteiger partial charge on any atom is -0.356 e. The quantitative estimate of drug-likeness (QED) is 0.593. The van der Waals surface area contributed by atoms with Crippen molar-refractivity contribution in [3.05, 3.63) is 59.7 Å². The Labute approximate surface area is 163 Å². The number of halogens is 2. The minimum atomic E-state index is -0.316. The highest BCUT2D eigenvalue weighted by Gasteiger charge is 2.18. The molecule has 1 fully saturated rings. The number of fused-ring (bicyclic) bond motifs is 1. The van der Waals surface area contributed by atoms with Crippen LogP contribution >= 0.6 is 0 Å². The maximum absolute atomic E-state index is 13.8. The summed E-state index contributed by atoms with van der Waals surface area (Å²) in [5.41, 5.74) is 3.32. The zero-order chi connectivity index (χ0) is 19.5. The predicted octanol–water partition coefficient (Wildman–Crippen LogP) is 5.35. The molecule has 1 aliphatic carbocycles. The monoisotopic (exact) mass is 382 g/mol. The van der Waals surface area contributed by atoms with E-state index in [2.05, 4.69) is 10.3 Å². The number of benzene rings is 2. The van der Waals surface area contributed by atoms with E-state index < -0.39 is 0 Å². The van der Waals surface area contributed by atoms with E-state index in [1.54, 1.807) is 18.2 Å². The van der Waals surface area contributed by atoms with Crippen LogP contribution in [0.15, 0.2) is 42.5 Å². The third-order valence-electron chi connectivity index (χ3n) is 5.67. The molecule has 0 bridgehead atoms. The van der Waals surface area contributed by atoms with E-state index in [0.29, 0.717) is 18.8 Å². The molecule has 1 amide bonds. The van der Waals surface area contributed by atoms with Crippen molar-refractivity contribution in [2.24, 2.45) is 5.92 Å². The van der Waals surface area contributed by atoms with Crippen molar-refractivity contribution in [1.82, 2.24) is 10.3 Å². The molecule has 0 aliphatic heterocycles. The van der Waals surface area contributed by atoms with Crippen molar-refractivity contribution < 1.29 is 13.6 Å². The summed E-state index contributed by atoms with van der Waals surface area (Å²) >= 11 is 0. The maximum atomic E-state index is 13.8. The lowest BCUT2D eigenvalue weighted by Gasteiger charge is -2.11. The summed E-state index contributed by atoms with van der Waals surface area (Å²) < 4.78 is 27.1. The summed E-state index contributed by atoms with van der Waals surface area (Å²) in [6, 6.07) is 10.8. The first-order valence-corrected chi connectivity index (χ1v) is 9.93. The van der Waals surface area contributed by atoms with Crippen molar-refractivity contribution in [3.8, 4) is 11.3 Å². The number of aryl methyl sites for hydroxylation is 1. The molecule has 1 saturated carbocycles. The zero-order valence-electron chi connectivity index (χ0n) is 15.7. The van der Waals surface area contributed by atoms with E-state index in [1.165, 1.54) is 49.9 Å². The van der Waals surface area contributed by atoms with Gasteiger partial charge < -0.3 is 10.3 Å². The molecule has 28 heavy (non-hydrogen) atoms. The smallest absolute Gasteiger partial charge is 0.220 e. The Balaban J connectivity index is 1.55. The van der Waals surface area contributed by atoms with Gasteiger partial charge >= 0.3 is 0 Å². The van der Waals surface area contributed by atoms with Crippen LogP contribution in [-0.2, 0) is 11.2 Å². The van der Waals surface area contributed by atoms with Crippen LogP contribution in [0.1, 0.15) is 37.7 Å². The molecule has 1 aromatic heterocycles. The second-order valence-corrected chi connectivity index (χ2v) is 7.63. The third-order valence-corrected chi connectivity index (χ3v) is 5.67. The summed E-state index contributed by atoms with van der Waals surface area (Å²) in [6.45, 7) is 0.742. The standard InChI is InChI=1S/C23H24F2N2O/c24-17-7-5-16(6-8-17)23-19(20-13-18(25)9-11-21(20)27-23)10-12-22(28)26-14-15-3-1-2-4-15/h5-9,11,13,15,27H,1-4,10,12,14H2,(H,26,28). The summed E-state index contributed by atoms with van der Waals surface area (Å²) in [5.74, 6) is -0.00791. The molecular weight excluding hydrogens is 358 g/mol. The van der Waals surface area contributed by atoms with Gasteiger partial charge in [-0.3, -0.25) is 4.79 Å². The van der Waals surface area contributed by atoms with Gasteiger partial charge in [-0.2, -0.15) is 0 Å². The van der Waals surface area contributed by atoms with Gasteiger partial charge in [0.2, 0.25) is 5.91 Å². The lowest BCUT2D eigenvalue weighted by molar-refractivity contribution is -0.121. The van der Waals surface area contributed by atoms with E-state index in [1.807, 2.05) is 0 Å². The molecule has 4 rings (SSSR count). The van der Waals surface area contributed by atoms with Gasteiger partial charge in [0.1, 0.15) is 11.6 Å². The lowest BCUT2D eigenvalue weighted by atomic mass is 10.0. The molecule has 1 aliphatic rings. The number of nitrogens with one attached hydrogen (secondary N) is 2. The minimum absolute atomic E-state index is 0.0164. The molecule has 3 aromatic rings. The second-order valence-electron chi connectivity index (χ2n) is 7.63. The Morgan fingerprint density at radius 3 is 2.50 bits per heavy atom. The summed E-state index contributed by atoms with van der Waals surface area (Å²) in [5, 5.41) is 3.81. The van der Waals surface area contributed by atoms with Crippen molar-refractivity contribution in [1.29, 1.82) is 0 Å². The molecule has 0 radical (unpaired) electrons. The molecule has 2 aromatic carbocycles. The van der Waals surface area contributed by atoms with E-state index in [0.717, 1.165) is 34.3 Å². The van der Waals surface area contributed by atoms with Crippen LogP contribution in [0, 0.1) is 17.6 Å². The second kappa shape index (κ2) is 8.13. The molecular formula is C23H24F2N2O. The Hall–Kier alpha value is -2.69. The normalized spacial score (nSPS) is 14.6. The number of hydrogen-bond acceptors (Lipinski definition) is 1. The number of rotatable bonds is 6. The highest BCUT2D eigenvalue weighted by atomic mass is 19.1. The Bertz CT molecular complexity index is 972. The number of carbonyl (C=O) groups excluding carboxylic acids is 1. The average molecular weight is 382 g/mol. The van der Waals surface area contributed by atoms with Crippen LogP contribution in [0.25, 0.3) is 22.2 Å². The molecule has 1 heterocycles. The van der Waals surface area contributed by atoms with Gasteiger partial charge in [0.25, 0.3) is 0 Å². The van der Waals surface area contributed by atoms with Gasteiger partial charge in [0, 0.05) is 29.6 Å². The van der Waals surface area contributed by atoms with Crippen molar-refractivity contribution >= 4 is 16.8 Å². The van der Waals surface area contributed by atoms with Gasteiger partial charge in [0.05, 0.1) is 0 Å². The van der Waals surface area contributed by atoms with E-state index >= 15 is 0 Å². The fraction of sp³-hybridized carbons (Fsp3) is 0.348. The fourth-order valence-electron chi connectivity index (χ4n) is 4.14. The Morgan fingerprint density at radius 1 is 1.04 bits per heavy atom. The number of H-pyrrole nitrogens is 1. The zero-order valence-corrected chi connectivity index (χ0v) is 15.7. The fourth-order valence-corrected chi connectivity index (χ4v) is 4.14. The van der Waals surface area contributed by atoms with Crippen LogP contribution in [0.5, 0.6) is 0 Å². The van der Waals surface area contributed by atoms with Crippen molar-refractivity contribution in [2.45, 2.75) is 38.5 Å². The largest absolute Gasteiger partial charge is 0.356 e. The Kier molecular flexibility index (Phi) is 5.42. The Morgan fingerprint density at radius 2 is 1.75 bits per heavy atom. The number of aromatic nitrogens is 1. The number of carbonyl (C=O) groups is 1. The SMILES string of the molecule is O=C(CCc1c(-c2ccc(F)cc2)[nH]c2ccc(F)cc12)NCC1CCCC1. The molecule has 0 spiro atoms. The molecule has 146 valence electrons. The van der Waals surface area contributed by atoms with Gasteiger partial charge in [0.15, 0.2) is 0 Å². The molecule has 0 unspecified atom stereocenters. The number of aromatic amines is 1. The average Bonchev–Trinajstić information content (AvgIpc) is 3.33. The first kappa shape index (κ1) is 18.7. The van der Waals surface area contributed by atoms with E-state index in [4.69, 9.17) is 0 Å². The van der Waals surface area contributed by atoms with Gasteiger partial charge in [-0.15, -0.1) is 0 Å². The van der Waals surface area contributed by atoms with Crippen LogP contribution < -0.4 is 5.32 Å². The van der Waals surface area contributed by atoms with E-state index in [9.17, 15) is 13.6 Å². The van der Waals surface area contributed by atoms with Gasteiger partial charge in [-0.05, 0) is 78.8 Å². The topological polar surface area (TPSA) is 44.9 Å². The molecule has 3 nitrogen and oxygen atoms in total. The van der Waals surface area contributed by atoms with Crippen molar-refractivity contribution in [2.75, 3.05) is 6.54 Å². The van der Waals surface area contributed by atoms with Gasteiger partial charge in [-0.1, -0.05) is 12.8 Å². The van der Waals surface area contributed by atoms with Crippen LogP contribution in [0.2, 0.25) is 0 Å². The first-order valence-electron chi connectivity index (χ1n) is 9.93. The van der Waals surface area contributed by atoms with Crippen LogP contribution in [-0.4, -0.2) is 17.4 Å². The molecule has 0 saturated heterocycles. The third kappa shape index (κ3) is 4.08. The predicted molar refractivity (Wildman–Crippen MR) is 107 cm³/mol. The first-order chi connectivity index (χ1) is 13.6. The van der Waals surface area contributed by atoms with E-state index in [-0.39, 0.29) is 17.5 Å². The van der Waals surface area contributed by atoms with Crippen LogP contribution in [0.4, 0.5) is 8.78 Å². The summed E-state index contributed by atoms with van der Waals surface area (Å²) in [6.07, 6.45) is 5.72. The molecule has 0 atom stereocenters. The highest BCUT2D eigenvalue weighted by molar-refractivity contribution is 5.91. The van der Waals surface area contributed by atoms with Crippen molar-refractivity contribution in [3.63, 3.8) is 0 Å². The van der Waals surface area contributed by atoms with Crippen LogP contribution in [0.3, 0.4) is 0 Å². The number of amides is 1. The number of hydrogen-bond donors (Lipinski definition) is 2. The lowest BCUT2D eigenvalue weighted by Crippen LogP contribution is -2.28. The highest BCUT2D eigenvalue weighted by Crippen LogP contribution is 2.32. The summed E-state index contributed by atoms with van der Waals surface area (Å²) in [4.78, 5) is 15.7. The molecule has 2 N–H and O–H groups in total. The van der Waals surface area contributed by atoms with Gasteiger partial charge in [-0.25, -0.2) is 8.78 Å². The summed E-state index contributed by atoms with van der Waals surface area (Å²) in [7, 11) is 0. The molecule has 5 heteroatoms.